The third-order valence-electron chi connectivity index (χ3n) is 7.99. The second-order valence-electron chi connectivity index (χ2n) is 10.4. The lowest BCUT2D eigenvalue weighted by molar-refractivity contribution is 1.16. The van der Waals surface area contributed by atoms with E-state index >= 15 is 0 Å². The van der Waals surface area contributed by atoms with E-state index in [0.717, 1.165) is 0 Å². The maximum atomic E-state index is 2.32. The van der Waals surface area contributed by atoms with E-state index in [-0.39, 0.29) is 0 Å². The van der Waals surface area contributed by atoms with E-state index < -0.39 is 0 Å². The molecule has 0 saturated heterocycles. The van der Waals surface area contributed by atoms with Gasteiger partial charge in [0.25, 0.3) is 0 Å². The summed E-state index contributed by atoms with van der Waals surface area (Å²) in [5.41, 5.74) is 5.28. The minimum Gasteiger partial charge on any atom is -0.0877 e. The van der Waals surface area contributed by atoms with Gasteiger partial charge in [-0.05, 0) is 80.2 Å². The van der Waals surface area contributed by atoms with Crippen molar-refractivity contribution in [1.29, 1.82) is 0 Å². The van der Waals surface area contributed by atoms with Crippen LogP contribution in [0.1, 0.15) is 0 Å². The van der Waals surface area contributed by atoms with Crippen molar-refractivity contribution in [2.45, 2.75) is 39.2 Å². The topological polar surface area (TPSA) is 0 Å². The summed E-state index contributed by atoms with van der Waals surface area (Å²) < 4.78 is 0. The van der Waals surface area contributed by atoms with E-state index in [0.29, 0.717) is 0 Å². The summed E-state index contributed by atoms with van der Waals surface area (Å²) in [6.07, 6.45) is 0. The number of hydrogen-bond donors (Lipinski definition) is 0. The van der Waals surface area contributed by atoms with Crippen LogP contribution in [-0.2, 0) is 0 Å². The van der Waals surface area contributed by atoms with Crippen LogP contribution in [0.5, 0.6) is 0 Å². The van der Waals surface area contributed by atoms with Crippen LogP contribution >= 0.6 is 47.0 Å². The minimum atomic E-state index is 1.30. The minimum absolute atomic E-state index is 1.30. The van der Waals surface area contributed by atoms with Crippen molar-refractivity contribution < 1.29 is 0 Å². The van der Waals surface area contributed by atoms with Gasteiger partial charge in [-0.2, -0.15) is 0 Å². The summed E-state index contributed by atoms with van der Waals surface area (Å²) in [6.45, 7) is 0. The summed E-state index contributed by atoms with van der Waals surface area (Å²) >= 11 is 7.59. The largest absolute Gasteiger partial charge is 0.0877 e. The monoisotopic (exact) mass is 606 g/mol. The summed E-state index contributed by atoms with van der Waals surface area (Å²) in [5, 5.41) is 5.21. The van der Waals surface area contributed by atoms with Gasteiger partial charge in [0.05, 0.1) is 0 Å². The number of hydrogen-bond acceptors (Lipinski definition) is 4. The Morgan fingerprint density at radius 3 is 0.952 bits per heavy atom. The van der Waals surface area contributed by atoms with Crippen LogP contribution < -0.4 is 0 Å². The molecule has 0 fully saturated rings. The van der Waals surface area contributed by atoms with Gasteiger partial charge in [-0.25, -0.2) is 0 Å². The molecule has 0 unspecified atom stereocenters. The van der Waals surface area contributed by atoms with Crippen LogP contribution in [-0.4, -0.2) is 0 Å². The van der Waals surface area contributed by atoms with Crippen molar-refractivity contribution in [2.24, 2.45) is 0 Å². The van der Waals surface area contributed by atoms with Crippen molar-refractivity contribution in [3.05, 3.63) is 133 Å². The number of benzene rings is 7. The van der Waals surface area contributed by atoms with E-state index in [1.807, 2.05) is 47.0 Å². The summed E-state index contributed by atoms with van der Waals surface area (Å²) in [5.74, 6) is 0. The molecule has 198 valence electrons. The lowest BCUT2D eigenvalue weighted by Crippen LogP contribution is -1.97. The van der Waals surface area contributed by atoms with Crippen molar-refractivity contribution in [1.82, 2.24) is 0 Å². The molecule has 0 nitrogen and oxygen atoms in total. The fourth-order valence-corrected chi connectivity index (χ4v) is 11.0. The highest BCUT2D eigenvalue weighted by atomic mass is 32.2. The molecular formula is C38H22S4. The Labute approximate surface area is 262 Å². The Bertz CT molecular complexity index is 2000. The molecule has 0 N–H and O–H groups in total. The van der Waals surface area contributed by atoms with Gasteiger partial charge >= 0.3 is 0 Å². The van der Waals surface area contributed by atoms with Gasteiger partial charge in [-0.15, -0.1) is 0 Å². The SMILES string of the molecule is c1ccc2c(c1)Sc1cccc(-c3c4ccccc4c(-c4cccc5c4Sc4ccccc4S5)c4ccccc34)c1S2. The number of fused-ring (bicyclic) bond motifs is 6. The van der Waals surface area contributed by atoms with Gasteiger partial charge in [0.2, 0.25) is 0 Å². The third kappa shape index (κ3) is 3.90. The predicted molar refractivity (Wildman–Crippen MR) is 182 cm³/mol. The molecule has 0 bridgehead atoms. The zero-order chi connectivity index (χ0) is 27.6. The van der Waals surface area contributed by atoms with Gasteiger partial charge in [0.1, 0.15) is 0 Å². The van der Waals surface area contributed by atoms with Gasteiger partial charge in [-0.3, -0.25) is 0 Å². The van der Waals surface area contributed by atoms with Crippen molar-refractivity contribution in [2.75, 3.05) is 0 Å². The van der Waals surface area contributed by atoms with E-state index in [9.17, 15) is 0 Å². The first kappa shape index (κ1) is 25.0. The maximum Gasteiger partial charge on any atom is 0.0341 e. The first-order chi connectivity index (χ1) is 20.8. The van der Waals surface area contributed by atoms with Crippen LogP contribution in [0, 0.1) is 0 Å². The van der Waals surface area contributed by atoms with Gasteiger partial charge in [-0.1, -0.05) is 144 Å². The van der Waals surface area contributed by atoms with Crippen LogP contribution in [0.25, 0.3) is 43.8 Å². The molecule has 2 heterocycles. The Hall–Kier alpha value is -3.54. The molecule has 0 amide bonds. The molecule has 2 aliphatic heterocycles. The zero-order valence-corrected chi connectivity index (χ0v) is 25.6. The standard InChI is InChI=1S/C38H22S4/c1-2-12-24-23(11-1)35(27-15-9-21-33-37(27)41-31-19-7-5-17-29(31)39-33)25-13-3-4-14-26(25)36(24)28-16-10-22-34-38(28)42-32-20-8-6-18-30(32)40-34/h1-22H. The predicted octanol–water partition coefficient (Wildman–Crippen LogP) is 12.6. The van der Waals surface area contributed by atoms with Crippen LogP contribution in [0.4, 0.5) is 0 Å². The molecular weight excluding hydrogens is 585 g/mol. The Balaban J connectivity index is 1.33. The highest BCUT2D eigenvalue weighted by Gasteiger charge is 2.26. The first-order valence-electron chi connectivity index (χ1n) is 13.9. The molecule has 9 rings (SSSR count). The molecule has 0 aliphatic carbocycles. The van der Waals surface area contributed by atoms with E-state index in [1.54, 1.807) is 0 Å². The Morgan fingerprint density at radius 1 is 0.262 bits per heavy atom. The fourth-order valence-electron chi connectivity index (χ4n) is 6.20. The van der Waals surface area contributed by atoms with Crippen LogP contribution in [0.15, 0.2) is 173 Å². The van der Waals surface area contributed by atoms with Crippen molar-refractivity contribution in [3.63, 3.8) is 0 Å². The number of rotatable bonds is 2. The van der Waals surface area contributed by atoms with Crippen LogP contribution in [0.3, 0.4) is 0 Å². The van der Waals surface area contributed by atoms with Gasteiger partial charge < -0.3 is 0 Å². The van der Waals surface area contributed by atoms with Crippen LogP contribution in [0.2, 0.25) is 0 Å². The van der Waals surface area contributed by atoms with E-state index in [4.69, 9.17) is 0 Å². The molecule has 0 atom stereocenters. The van der Waals surface area contributed by atoms with Crippen molar-refractivity contribution in [3.8, 4) is 22.3 Å². The molecule has 7 aromatic rings. The summed E-state index contributed by atoms with van der Waals surface area (Å²) in [4.78, 5) is 10.7. The average molecular weight is 607 g/mol. The molecule has 0 radical (unpaired) electrons. The second-order valence-corrected chi connectivity index (χ2v) is 14.7. The summed E-state index contributed by atoms with van der Waals surface area (Å²) in [7, 11) is 0. The molecule has 0 aromatic heterocycles. The molecule has 0 saturated carbocycles. The average Bonchev–Trinajstić information content (AvgIpc) is 3.05. The Kier molecular flexibility index (Phi) is 5.97. The fraction of sp³-hybridized carbons (Fsp3) is 0. The molecule has 42 heavy (non-hydrogen) atoms. The maximum absolute atomic E-state index is 2.32. The lowest BCUT2D eigenvalue weighted by Gasteiger charge is -2.25. The first-order valence-corrected chi connectivity index (χ1v) is 17.2. The van der Waals surface area contributed by atoms with Gasteiger partial charge in [0.15, 0.2) is 0 Å². The van der Waals surface area contributed by atoms with Gasteiger partial charge in [0, 0.05) is 39.2 Å². The molecule has 7 aromatic carbocycles. The smallest absolute Gasteiger partial charge is 0.0341 e. The van der Waals surface area contributed by atoms with E-state index in [1.165, 1.54) is 83.0 Å². The summed E-state index contributed by atoms with van der Waals surface area (Å²) in [6, 6.07) is 49.2. The molecule has 0 spiro atoms. The van der Waals surface area contributed by atoms with Crippen molar-refractivity contribution >= 4 is 68.6 Å². The lowest BCUT2D eigenvalue weighted by atomic mass is 9.86. The second kappa shape index (κ2) is 10.0. The highest BCUT2D eigenvalue weighted by Crippen LogP contribution is 2.56. The zero-order valence-electron chi connectivity index (χ0n) is 22.3. The quantitative estimate of drug-likeness (QED) is 0.179. The third-order valence-corrected chi connectivity index (χ3v) is 13.2. The Morgan fingerprint density at radius 2 is 0.571 bits per heavy atom. The normalized spacial score (nSPS) is 13.3. The highest BCUT2D eigenvalue weighted by molar-refractivity contribution is 8.05. The molecule has 4 heteroatoms. The van der Waals surface area contributed by atoms with E-state index in [2.05, 4.69) is 133 Å². The molecule has 2 aliphatic rings.